The summed E-state index contributed by atoms with van der Waals surface area (Å²) in [5.74, 6) is 0.106. The zero-order valence-electron chi connectivity index (χ0n) is 12.3. The average Bonchev–Trinajstić information content (AvgIpc) is 2.50. The molecular formula is C16H22N2O3. The van der Waals surface area contributed by atoms with Crippen molar-refractivity contribution >= 4 is 18.0 Å². The first kappa shape index (κ1) is 15.5. The third-order valence-corrected chi connectivity index (χ3v) is 4.08. The Hall–Kier alpha value is -1.88. The Morgan fingerprint density at radius 2 is 2.00 bits per heavy atom. The summed E-state index contributed by atoms with van der Waals surface area (Å²) in [6.07, 6.45) is 4.30. The van der Waals surface area contributed by atoms with Crippen LogP contribution in [0.15, 0.2) is 24.3 Å². The number of nitrogens with zero attached hydrogens (tertiary/aromatic N) is 1. The number of nitrogens with one attached hydrogen (secondary N) is 1. The molecule has 0 bridgehead atoms. The molecule has 2 amide bonds. The van der Waals surface area contributed by atoms with Crippen LogP contribution in [0.1, 0.15) is 36.0 Å². The second-order valence-electron chi connectivity index (χ2n) is 5.64. The van der Waals surface area contributed by atoms with Gasteiger partial charge >= 0.3 is 0 Å². The van der Waals surface area contributed by atoms with Crippen LogP contribution in [0.3, 0.4) is 0 Å². The average molecular weight is 290 g/mol. The van der Waals surface area contributed by atoms with Crippen molar-refractivity contribution < 1.29 is 14.7 Å². The predicted molar refractivity (Wildman–Crippen MR) is 81.1 cm³/mol. The van der Waals surface area contributed by atoms with Gasteiger partial charge in [0, 0.05) is 30.8 Å². The van der Waals surface area contributed by atoms with E-state index in [9.17, 15) is 14.7 Å². The molecule has 5 heteroatoms. The normalized spacial score (nSPS) is 21.6. The molecule has 2 atom stereocenters. The van der Waals surface area contributed by atoms with Crippen LogP contribution in [0, 0.1) is 5.92 Å². The van der Waals surface area contributed by atoms with E-state index in [-0.39, 0.29) is 17.9 Å². The Balaban J connectivity index is 1.96. The summed E-state index contributed by atoms with van der Waals surface area (Å²) in [4.78, 5) is 24.4. The molecule has 0 heterocycles. The minimum atomic E-state index is -0.298. The second kappa shape index (κ2) is 7.22. The minimum absolute atomic E-state index is 0.0644. The molecule has 21 heavy (non-hydrogen) atoms. The van der Waals surface area contributed by atoms with Gasteiger partial charge in [0.05, 0.1) is 6.10 Å². The largest absolute Gasteiger partial charge is 0.393 e. The summed E-state index contributed by atoms with van der Waals surface area (Å²) < 4.78 is 0. The number of amides is 2. The smallest absolute Gasteiger partial charge is 0.253 e. The lowest BCUT2D eigenvalue weighted by Crippen LogP contribution is -2.38. The maximum absolute atomic E-state index is 12.3. The van der Waals surface area contributed by atoms with Crippen LogP contribution < -0.4 is 5.32 Å². The summed E-state index contributed by atoms with van der Waals surface area (Å²) in [6.45, 7) is 0.578. The van der Waals surface area contributed by atoms with E-state index in [1.165, 1.54) is 0 Å². The van der Waals surface area contributed by atoms with Crippen molar-refractivity contribution in [1.29, 1.82) is 0 Å². The number of hydrogen-bond acceptors (Lipinski definition) is 3. The van der Waals surface area contributed by atoms with Gasteiger partial charge in [-0.15, -0.1) is 0 Å². The van der Waals surface area contributed by atoms with Gasteiger partial charge < -0.3 is 15.3 Å². The van der Waals surface area contributed by atoms with Crippen molar-refractivity contribution in [3.63, 3.8) is 0 Å². The Labute approximate surface area is 125 Å². The van der Waals surface area contributed by atoms with E-state index in [2.05, 4.69) is 5.32 Å². The molecule has 1 aliphatic rings. The zero-order chi connectivity index (χ0) is 15.2. The highest BCUT2D eigenvalue weighted by atomic mass is 16.3. The molecule has 2 unspecified atom stereocenters. The van der Waals surface area contributed by atoms with E-state index >= 15 is 0 Å². The highest BCUT2D eigenvalue weighted by Crippen LogP contribution is 2.25. The number of carbonyl (C=O) groups is 2. The van der Waals surface area contributed by atoms with Gasteiger partial charge in [-0.1, -0.05) is 12.8 Å². The van der Waals surface area contributed by atoms with Crippen LogP contribution in [-0.2, 0) is 4.79 Å². The summed E-state index contributed by atoms with van der Waals surface area (Å²) in [7, 11) is 1.77. The minimum Gasteiger partial charge on any atom is -0.393 e. The molecular weight excluding hydrogens is 268 g/mol. The van der Waals surface area contributed by atoms with Gasteiger partial charge in [0.2, 0.25) is 6.41 Å². The topological polar surface area (TPSA) is 69.6 Å². The van der Waals surface area contributed by atoms with Crippen molar-refractivity contribution in [3.8, 4) is 0 Å². The molecule has 0 aromatic heterocycles. The van der Waals surface area contributed by atoms with E-state index in [4.69, 9.17) is 0 Å². The van der Waals surface area contributed by atoms with E-state index in [0.717, 1.165) is 25.7 Å². The van der Waals surface area contributed by atoms with Crippen molar-refractivity contribution in [1.82, 2.24) is 4.90 Å². The molecule has 0 aliphatic heterocycles. The molecule has 0 radical (unpaired) electrons. The van der Waals surface area contributed by atoms with Crippen LogP contribution in [0.4, 0.5) is 5.69 Å². The third-order valence-electron chi connectivity index (χ3n) is 4.08. The third kappa shape index (κ3) is 4.04. The van der Waals surface area contributed by atoms with Crippen molar-refractivity contribution in [2.24, 2.45) is 5.92 Å². The Kier molecular flexibility index (Phi) is 5.33. The number of carbonyl (C=O) groups excluding carboxylic acids is 2. The van der Waals surface area contributed by atoms with Gasteiger partial charge in [-0.05, 0) is 37.1 Å². The number of hydrogen-bond donors (Lipinski definition) is 2. The monoisotopic (exact) mass is 290 g/mol. The molecule has 2 N–H and O–H groups in total. The maximum atomic E-state index is 12.3. The molecule has 114 valence electrons. The SMILES string of the molecule is CN(CC1CCCCC1O)C(=O)c1ccc(NC=O)cc1. The summed E-state index contributed by atoms with van der Waals surface area (Å²) >= 11 is 0. The molecule has 1 fully saturated rings. The van der Waals surface area contributed by atoms with Crippen LogP contribution in [0.5, 0.6) is 0 Å². The number of aliphatic hydroxyl groups excluding tert-OH is 1. The lowest BCUT2D eigenvalue weighted by molar-refractivity contribution is -0.105. The van der Waals surface area contributed by atoms with Crippen LogP contribution in [-0.4, -0.2) is 42.0 Å². The van der Waals surface area contributed by atoms with Gasteiger partial charge in [0.15, 0.2) is 0 Å². The predicted octanol–water partition coefficient (Wildman–Crippen LogP) is 1.88. The van der Waals surface area contributed by atoms with Gasteiger partial charge in [0.25, 0.3) is 5.91 Å². The first-order valence-corrected chi connectivity index (χ1v) is 7.35. The van der Waals surface area contributed by atoms with E-state index in [1.54, 1.807) is 36.2 Å². The highest BCUT2D eigenvalue weighted by Gasteiger charge is 2.25. The van der Waals surface area contributed by atoms with Gasteiger partial charge in [0.1, 0.15) is 0 Å². The molecule has 5 nitrogen and oxygen atoms in total. The van der Waals surface area contributed by atoms with Gasteiger partial charge in [-0.3, -0.25) is 9.59 Å². The van der Waals surface area contributed by atoms with Crippen molar-refractivity contribution in [2.75, 3.05) is 18.9 Å². The fraction of sp³-hybridized carbons (Fsp3) is 0.500. The number of benzene rings is 1. The van der Waals surface area contributed by atoms with Crippen LogP contribution >= 0.6 is 0 Å². The molecule has 0 spiro atoms. The molecule has 2 rings (SSSR count). The van der Waals surface area contributed by atoms with E-state index in [1.807, 2.05) is 0 Å². The number of rotatable bonds is 5. The molecule has 1 aromatic rings. The number of aliphatic hydroxyl groups is 1. The Bertz CT molecular complexity index is 487. The molecule has 1 aromatic carbocycles. The second-order valence-corrected chi connectivity index (χ2v) is 5.64. The fourth-order valence-electron chi connectivity index (χ4n) is 2.83. The Morgan fingerprint density at radius 1 is 1.33 bits per heavy atom. The summed E-state index contributed by atoms with van der Waals surface area (Å²) in [5.41, 5.74) is 1.24. The van der Waals surface area contributed by atoms with Crippen LogP contribution in [0.2, 0.25) is 0 Å². The van der Waals surface area contributed by atoms with Crippen LogP contribution in [0.25, 0.3) is 0 Å². The summed E-state index contributed by atoms with van der Waals surface area (Å²) in [5, 5.41) is 12.5. The first-order chi connectivity index (χ1) is 10.1. The maximum Gasteiger partial charge on any atom is 0.253 e. The highest BCUT2D eigenvalue weighted by molar-refractivity contribution is 5.94. The number of anilines is 1. The lowest BCUT2D eigenvalue weighted by Gasteiger charge is -2.31. The molecule has 1 aliphatic carbocycles. The Morgan fingerprint density at radius 3 is 2.62 bits per heavy atom. The van der Waals surface area contributed by atoms with Gasteiger partial charge in [-0.25, -0.2) is 0 Å². The molecule has 0 saturated heterocycles. The van der Waals surface area contributed by atoms with E-state index < -0.39 is 0 Å². The van der Waals surface area contributed by atoms with Crippen molar-refractivity contribution in [2.45, 2.75) is 31.8 Å². The van der Waals surface area contributed by atoms with E-state index in [0.29, 0.717) is 24.2 Å². The van der Waals surface area contributed by atoms with Gasteiger partial charge in [-0.2, -0.15) is 0 Å². The van der Waals surface area contributed by atoms with Crippen molar-refractivity contribution in [3.05, 3.63) is 29.8 Å². The lowest BCUT2D eigenvalue weighted by atomic mass is 9.86. The summed E-state index contributed by atoms with van der Waals surface area (Å²) in [6, 6.07) is 6.79. The standard InChI is InChI=1S/C16H22N2O3/c1-18(10-13-4-2-3-5-15(13)20)16(21)12-6-8-14(9-7-12)17-11-19/h6-9,11,13,15,20H,2-5,10H2,1H3,(H,17,19). The first-order valence-electron chi connectivity index (χ1n) is 7.35. The fourth-order valence-corrected chi connectivity index (χ4v) is 2.83. The quantitative estimate of drug-likeness (QED) is 0.813. The molecule has 1 saturated carbocycles. The zero-order valence-corrected chi connectivity index (χ0v) is 12.3.